The smallest absolute Gasteiger partial charge is 0.258 e. The molecule has 5 heteroatoms. The minimum Gasteiger partial charge on any atom is -0.482 e. The number of aromatic nitrogens is 1. The van der Waals surface area contributed by atoms with Crippen LogP contribution in [0.1, 0.15) is 18.5 Å². The Balaban J connectivity index is 1.76. The molecule has 0 bridgehead atoms. The molecule has 3 N–H and O–H groups in total. The molecular formula is C11H15N3O2. The van der Waals surface area contributed by atoms with E-state index in [4.69, 9.17) is 10.5 Å². The van der Waals surface area contributed by atoms with Crippen molar-refractivity contribution in [1.29, 1.82) is 0 Å². The molecule has 1 fully saturated rings. The van der Waals surface area contributed by atoms with E-state index in [0.29, 0.717) is 18.3 Å². The summed E-state index contributed by atoms with van der Waals surface area (Å²) in [5.74, 6) is 0.508. The van der Waals surface area contributed by atoms with Crippen molar-refractivity contribution in [2.75, 3.05) is 6.61 Å². The van der Waals surface area contributed by atoms with Crippen molar-refractivity contribution < 1.29 is 9.53 Å². The zero-order valence-corrected chi connectivity index (χ0v) is 8.98. The quantitative estimate of drug-likeness (QED) is 0.744. The van der Waals surface area contributed by atoms with Crippen molar-refractivity contribution in [3.8, 4) is 5.75 Å². The molecule has 0 radical (unpaired) electrons. The predicted molar refractivity (Wildman–Crippen MR) is 58.8 cm³/mol. The number of ether oxygens (including phenoxy) is 1. The van der Waals surface area contributed by atoms with Gasteiger partial charge in [0.15, 0.2) is 6.61 Å². The van der Waals surface area contributed by atoms with E-state index in [2.05, 4.69) is 10.3 Å². The Kier molecular flexibility index (Phi) is 3.36. The van der Waals surface area contributed by atoms with Crippen molar-refractivity contribution in [3.63, 3.8) is 0 Å². The van der Waals surface area contributed by atoms with Crippen LogP contribution in [0.25, 0.3) is 0 Å². The minimum atomic E-state index is -0.0783. The van der Waals surface area contributed by atoms with Gasteiger partial charge in [-0.15, -0.1) is 0 Å². The molecule has 16 heavy (non-hydrogen) atoms. The van der Waals surface area contributed by atoms with Crippen molar-refractivity contribution >= 4 is 5.91 Å². The van der Waals surface area contributed by atoms with E-state index in [9.17, 15) is 4.79 Å². The number of rotatable bonds is 5. The number of nitrogens with one attached hydrogen (secondary N) is 1. The summed E-state index contributed by atoms with van der Waals surface area (Å²) < 4.78 is 5.28. The van der Waals surface area contributed by atoms with Gasteiger partial charge in [-0.3, -0.25) is 9.78 Å². The van der Waals surface area contributed by atoms with Crippen LogP contribution in [0.2, 0.25) is 0 Å². The highest BCUT2D eigenvalue weighted by atomic mass is 16.5. The standard InChI is InChI=1S/C11H15N3O2/c12-5-9-3-4-10(6-13-9)16-7-11(15)14-8-1-2-8/h3-4,6,8H,1-2,5,7,12H2,(H,14,15). The second-order valence-corrected chi connectivity index (χ2v) is 3.82. The molecule has 2 rings (SSSR count). The monoisotopic (exact) mass is 221 g/mol. The van der Waals surface area contributed by atoms with Gasteiger partial charge in [-0.05, 0) is 25.0 Å². The summed E-state index contributed by atoms with van der Waals surface area (Å²) in [6.07, 6.45) is 3.74. The molecule has 5 nitrogen and oxygen atoms in total. The third-order valence-corrected chi connectivity index (χ3v) is 2.32. The molecule has 1 aromatic rings. The van der Waals surface area contributed by atoms with Gasteiger partial charge in [-0.25, -0.2) is 0 Å². The molecular weight excluding hydrogens is 206 g/mol. The lowest BCUT2D eigenvalue weighted by Crippen LogP contribution is -2.30. The molecule has 86 valence electrons. The zero-order valence-electron chi connectivity index (χ0n) is 8.98. The predicted octanol–water partition coefficient (Wildman–Crippen LogP) is 0.198. The SMILES string of the molecule is NCc1ccc(OCC(=O)NC2CC2)cn1. The molecule has 0 saturated heterocycles. The lowest BCUT2D eigenvalue weighted by molar-refractivity contribution is -0.123. The number of nitrogens with zero attached hydrogens (tertiary/aromatic N) is 1. The van der Waals surface area contributed by atoms with Crippen LogP contribution >= 0.6 is 0 Å². The van der Waals surface area contributed by atoms with Crippen molar-refractivity contribution in [2.24, 2.45) is 5.73 Å². The molecule has 1 aliphatic carbocycles. The highest BCUT2D eigenvalue weighted by molar-refractivity contribution is 5.78. The van der Waals surface area contributed by atoms with Crippen LogP contribution in [0.5, 0.6) is 5.75 Å². The van der Waals surface area contributed by atoms with Gasteiger partial charge in [0.1, 0.15) is 5.75 Å². The molecule has 1 aromatic heterocycles. The van der Waals surface area contributed by atoms with Crippen molar-refractivity contribution in [3.05, 3.63) is 24.0 Å². The van der Waals surface area contributed by atoms with E-state index in [1.54, 1.807) is 18.3 Å². The van der Waals surface area contributed by atoms with Gasteiger partial charge in [-0.2, -0.15) is 0 Å². The summed E-state index contributed by atoms with van der Waals surface area (Å²) in [4.78, 5) is 15.4. The topological polar surface area (TPSA) is 77.2 Å². The molecule has 0 aliphatic heterocycles. The van der Waals surface area contributed by atoms with Crippen LogP contribution in [0.15, 0.2) is 18.3 Å². The van der Waals surface area contributed by atoms with E-state index < -0.39 is 0 Å². The Hall–Kier alpha value is -1.62. The summed E-state index contributed by atoms with van der Waals surface area (Å²) in [7, 11) is 0. The first kappa shape index (κ1) is 10.9. The second-order valence-electron chi connectivity index (χ2n) is 3.82. The number of hydrogen-bond donors (Lipinski definition) is 2. The molecule has 0 atom stereocenters. The summed E-state index contributed by atoms with van der Waals surface area (Å²) >= 11 is 0. The lowest BCUT2D eigenvalue weighted by atomic mass is 10.3. The number of hydrogen-bond acceptors (Lipinski definition) is 4. The Labute approximate surface area is 94.0 Å². The minimum absolute atomic E-state index is 0.0418. The number of amides is 1. The van der Waals surface area contributed by atoms with E-state index in [0.717, 1.165) is 18.5 Å². The van der Waals surface area contributed by atoms with Crippen LogP contribution < -0.4 is 15.8 Å². The van der Waals surface area contributed by atoms with E-state index in [-0.39, 0.29) is 12.5 Å². The average Bonchev–Trinajstić information content (AvgIpc) is 3.11. The number of nitrogens with two attached hydrogens (primary N) is 1. The van der Waals surface area contributed by atoms with E-state index in [1.165, 1.54) is 0 Å². The highest BCUT2D eigenvalue weighted by Gasteiger charge is 2.23. The fourth-order valence-electron chi connectivity index (χ4n) is 1.26. The van der Waals surface area contributed by atoms with E-state index in [1.807, 2.05) is 0 Å². The average molecular weight is 221 g/mol. The maximum Gasteiger partial charge on any atom is 0.258 e. The van der Waals surface area contributed by atoms with Gasteiger partial charge < -0.3 is 15.8 Å². The Bertz CT molecular complexity index is 360. The summed E-state index contributed by atoms with van der Waals surface area (Å²) in [6.45, 7) is 0.447. The van der Waals surface area contributed by atoms with Crippen LogP contribution in [-0.2, 0) is 11.3 Å². The first-order valence-electron chi connectivity index (χ1n) is 5.35. The Morgan fingerprint density at radius 2 is 2.38 bits per heavy atom. The second kappa shape index (κ2) is 4.94. The molecule has 1 aliphatic rings. The van der Waals surface area contributed by atoms with Gasteiger partial charge in [0.2, 0.25) is 0 Å². The molecule has 0 spiro atoms. The maximum absolute atomic E-state index is 11.3. The number of pyridine rings is 1. The van der Waals surface area contributed by atoms with Crippen molar-refractivity contribution in [1.82, 2.24) is 10.3 Å². The molecule has 1 saturated carbocycles. The van der Waals surface area contributed by atoms with Gasteiger partial charge in [0, 0.05) is 12.6 Å². The normalized spacial score (nSPS) is 14.6. The largest absolute Gasteiger partial charge is 0.482 e. The van der Waals surface area contributed by atoms with Crippen LogP contribution in [0.4, 0.5) is 0 Å². The number of carbonyl (C=O) groups excluding carboxylic acids is 1. The van der Waals surface area contributed by atoms with Gasteiger partial charge in [0.25, 0.3) is 5.91 Å². The molecule has 1 amide bonds. The summed E-state index contributed by atoms with van der Waals surface area (Å²) in [6, 6.07) is 3.92. The Morgan fingerprint density at radius 1 is 1.56 bits per heavy atom. The Morgan fingerprint density at radius 3 is 2.94 bits per heavy atom. The van der Waals surface area contributed by atoms with E-state index >= 15 is 0 Å². The molecule has 0 unspecified atom stereocenters. The van der Waals surface area contributed by atoms with Crippen molar-refractivity contribution in [2.45, 2.75) is 25.4 Å². The fourth-order valence-corrected chi connectivity index (χ4v) is 1.26. The molecule has 1 heterocycles. The van der Waals surface area contributed by atoms with Gasteiger partial charge in [-0.1, -0.05) is 0 Å². The lowest BCUT2D eigenvalue weighted by Gasteiger charge is -2.06. The summed E-state index contributed by atoms with van der Waals surface area (Å²) in [5, 5.41) is 2.84. The fraction of sp³-hybridized carbons (Fsp3) is 0.455. The maximum atomic E-state index is 11.3. The van der Waals surface area contributed by atoms with Gasteiger partial charge >= 0.3 is 0 Å². The third-order valence-electron chi connectivity index (χ3n) is 2.32. The van der Waals surface area contributed by atoms with Crippen LogP contribution in [0.3, 0.4) is 0 Å². The summed E-state index contributed by atoms with van der Waals surface area (Å²) in [5.41, 5.74) is 6.22. The van der Waals surface area contributed by atoms with Crippen LogP contribution in [-0.4, -0.2) is 23.5 Å². The molecule has 0 aromatic carbocycles. The zero-order chi connectivity index (χ0) is 11.4. The third kappa shape index (κ3) is 3.20. The van der Waals surface area contributed by atoms with Crippen LogP contribution in [0, 0.1) is 0 Å². The first-order valence-corrected chi connectivity index (χ1v) is 5.35. The highest BCUT2D eigenvalue weighted by Crippen LogP contribution is 2.18. The first-order chi connectivity index (χ1) is 7.78. The number of carbonyl (C=O) groups is 1. The van der Waals surface area contributed by atoms with Gasteiger partial charge in [0.05, 0.1) is 11.9 Å².